The SMILES string of the molecule is CCO/N=C(\C#N)C(=O)NCC#N. The van der Waals surface area contributed by atoms with Gasteiger partial charge in [-0.25, -0.2) is 0 Å². The van der Waals surface area contributed by atoms with Gasteiger partial charge in [0.25, 0.3) is 5.91 Å². The van der Waals surface area contributed by atoms with Crippen molar-refractivity contribution in [2.45, 2.75) is 6.92 Å². The highest BCUT2D eigenvalue weighted by Gasteiger charge is 2.09. The fourth-order valence-corrected chi connectivity index (χ4v) is 0.445. The topological polar surface area (TPSA) is 98.3 Å². The zero-order valence-electron chi connectivity index (χ0n) is 7.07. The number of carbonyl (C=O) groups is 1. The molecule has 0 aliphatic rings. The van der Waals surface area contributed by atoms with Crippen LogP contribution >= 0.6 is 0 Å². The number of nitrogens with zero attached hydrogens (tertiary/aromatic N) is 3. The second kappa shape index (κ2) is 6.62. The van der Waals surface area contributed by atoms with Gasteiger partial charge in [-0.05, 0) is 6.92 Å². The van der Waals surface area contributed by atoms with Gasteiger partial charge in [-0.3, -0.25) is 4.79 Å². The Kier molecular flexibility index (Phi) is 5.56. The minimum Gasteiger partial charge on any atom is -0.395 e. The Balaban J connectivity index is 4.19. The Bertz CT molecular complexity index is 284. The van der Waals surface area contributed by atoms with Crippen LogP contribution in [0.3, 0.4) is 0 Å². The highest BCUT2D eigenvalue weighted by atomic mass is 16.6. The molecular weight excluding hydrogens is 172 g/mol. The fourth-order valence-electron chi connectivity index (χ4n) is 0.445. The third kappa shape index (κ3) is 4.38. The maximum absolute atomic E-state index is 10.9. The van der Waals surface area contributed by atoms with Crippen molar-refractivity contribution in [3.63, 3.8) is 0 Å². The molecule has 0 aromatic rings. The van der Waals surface area contributed by atoms with Crippen LogP contribution in [0.15, 0.2) is 5.16 Å². The Hall–Kier alpha value is -2.08. The van der Waals surface area contributed by atoms with Gasteiger partial charge in [0.1, 0.15) is 19.2 Å². The first-order valence-electron chi connectivity index (χ1n) is 3.51. The van der Waals surface area contributed by atoms with Gasteiger partial charge in [-0.1, -0.05) is 5.16 Å². The molecule has 0 saturated carbocycles. The summed E-state index contributed by atoms with van der Waals surface area (Å²) in [6, 6.07) is 3.25. The lowest BCUT2D eigenvalue weighted by molar-refractivity contribution is -0.114. The number of hydrogen-bond acceptors (Lipinski definition) is 5. The first-order chi connectivity index (χ1) is 6.26. The minimum atomic E-state index is -0.711. The molecule has 0 spiro atoms. The lowest BCUT2D eigenvalue weighted by atomic mass is 10.4. The van der Waals surface area contributed by atoms with Crippen molar-refractivity contribution in [1.29, 1.82) is 10.5 Å². The average Bonchev–Trinajstić information content (AvgIpc) is 2.16. The largest absolute Gasteiger partial charge is 0.395 e. The average molecular weight is 180 g/mol. The van der Waals surface area contributed by atoms with Crippen LogP contribution in [0.1, 0.15) is 6.92 Å². The molecular formula is C7H8N4O2. The molecule has 0 aliphatic heterocycles. The molecule has 0 rings (SSSR count). The van der Waals surface area contributed by atoms with E-state index in [1.54, 1.807) is 19.1 Å². The summed E-state index contributed by atoms with van der Waals surface area (Å²) in [5.74, 6) is -0.711. The van der Waals surface area contributed by atoms with Gasteiger partial charge in [0.15, 0.2) is 0 Å². The van der Waals surface area contributed by atoms with Gasteiger partial charge in [0.05, 0.1) is 6.07 Å². The molecule has 0 fully saturated rings. The van der Waals surface area contributed by atoms with E-state index in [1.165, 1.54) is 0 Å². The Morgan fingerprint density at radius 2 is 2.31 bits per heavy atom. The molecule has 0 aromatic heterocycles. The molecule has 6 nitrogen and oxygen atoms in total. The second-order valence-electron chi connectivity index (χ2n) is 1.81. The molecule has 0 aromatic carbocycles. The Morgan fingerprint density at radius 3 is 2.77 bits per heavy atom. The summed E-state index contributed by atoms with van der Waals surface area (Å²) in [4.78, 5) is 15.5. The lowest BCUT2D eigenvalue weighted by Gasteiger charge is -1.96. The van der Waals surface area contributed by atoms with E-state index in [9.17, 15) is 4.79 Å². The zero-order valence-corrected chi connectivity index (χ0v) is 7.07. The van der Waals surface area contributed by atoms with Crippen molar-refractivity contribution in [2.24, 2.45) is 5.16 Å². The molecule has 0 atom stereocenters. The predicted molar refractivity (Wildman–Crippen MR) is 43.3 cm³/mol. The van der Waals surface area contributed by atoms with E-state index in [0.717, 1.165) is 0 Å². The van der Waals surface area contributed by atoms with Crippen molar-refractivity contribution in [2.75, 3.05) is 13.2 Å². The normalized spacial score (nSPS) is 9.62. The maximum atomic E-state index is 10.9. The van der Waals surface area contributed by atoms with E-state index in [1.807, 2.05) is 0 Å². The molecule has 0 radical (unpaired) electrons. The summed E-state index contributed by atoms with van der Waals surface area (Å²) in [5, 5.41) is 22.0. The van der Waals surface area contributed by atoms with Crippen LogP contribution < -0.4 is 5.32 Å². The summed E-state index contributed by atoms with van der Waals surface area (Å²) in [6.45, 7) is 1.79. The first kappa shape index (κ1) is 10.9. The summed E-state index contributed by atoms with van der Waals surface area (Å²) in [6.07, 6.45) is 0. The van der Waals surface area contributed by atoms with Gasteiger partial charge < -0.3 is 10.2 Å². The van der Waals surface area contributed by atoms with Crippen LogP contribution in [0, 0.1) is 22.7 Å². The third-order valence-corrected chi connectivity index (χ3v) is 0.934. The summed E-state index contributed by atoms with van der Waals surface area (Å²) >= 11 is 0. The number of nitriles is 2. The van der Waals surface area contributed by atoms with Crippen LogP contribution in [0.25, 0.3) is 0 Å². The van der Waals surface area contributed by atoms with E-state index in [2.05, 4.69) is 15.3 Å². The van der Waals surface area contributed by atoms with E-state index >= 15 is 0 Å². The van der Waals surface area contributed by atoms with E-state index in [4.69, 9.17) is 10.5 Å². The molecule has 0 bridgehead atoms. The molecule has 6 heteroatoms. The van der Waals surface area contributed by atoms with Crippen LogP contribution in [0.2, 0.25) is 0 Å². The molecule has 1 amide bonds. The lowest BCUT2D eigenvalue weighted by Crippen LogP contribution is -2.30. The van der Waals surface area contributed by atoms with Crippen LogP contribution in [0.4, 0.5) is 0 Å². The standard InChI is InChI=1S/C7H8N4O2/c1-2-13-11-6(5-9)7(12)10-4-3-8/h2,4H2,1H3,(H,10,12)/b11-6+. The minimum absolute atomic E-state index is 0.161. The highest BCUT2D eigenvalue weighted by molar-refractivity contribution is 6.45. The van der Waals surface area contributed by atoms with E-state index < -0.39 is 11.6 Å². The molecule has 1 N–H and O–H groups in total. The maximum Gasteiger partial charge on any atom is 0.285 e. The highest BCUT2D eigenvalue weighted by Crippen LogP contribution is 1.81. The van der Waals surface area contributed by atoms with Crippen LogP contribution in [-0.2, 0) is 9.63 Å². The van der Waals surface area contributed by atoms with Crippen LogP contribution in [-0.4, -0.2) is 24.8 Å². The van der Waals surface area contributed by atoms with Gasteiger partial charge in [-0.15, -0.1) is 0 Å². The number of amides is 1. The molecule has 13 heavy (non-hydrogen) atoms. The smallest absolute Gasteiger partial charge is 0.285 e. The number of hydrogen-bond donors (Lipinski definition) is 1. The predicted octanol–water partition coefficient (Wildman–Crippen LogP) is -0.458. The van der Waals surface area contributed by atoms with E-state index in [-0.39, 0.29) is 13.2 Å². The van der Waals surface area contributed by atoms with E-state index in [0.29, 0.717) is 0 Å². The van der Waals surface area contributed by atoms with Gasteiger partial charge in [0, 0.05) is 0 Å². The molecule has 0 heterocycles. The van der Waals surface area contributed by atoms with Gasteiger partial charge in [-0.2, -0.15) is 10.5 Å². The van der Waals surface area contributed by atoms with Crippen molar-refractivity contribution in [3.8, 4) is 12.1 Å². The first-order valence-corrected chi connectivity index (χ1v) is 3.51. The molecule has 0 aliphatic carbocycles. The van der Waals surface area contributed by atoms with Crippen LogP contribution in [0.5, 0.6) is 0 Å². The number of nitrogens with one attached hydrogen (secondary N) is 1. The molecule has 68 valence electrons. The van der Waals surface area contributed by atoms with Crippen molar-refractivity contribution < 1.29 is 9.63 Å². The number of carbonyl (C=O) groups excluding carboxylic acids is 1. The van der Waals surface area contributed by atoms with Crippen molar-refractivity contribution in [1.82, 2.24) is 5.32 Å². The Morgan fingerprint density at radius 1 is 1.62 bits per heavy atom. The van der Waals surface area contributed by atoms with Gasteiger partial charge >= 0.3 is 0 Å². The second-order valence-corrected chi connectivity index (χ2v) is 1.81. The summed E-state index contributed by atoms with van der Waals surface area (Å²) in [7, 11) is 0. The van der Waals surface area contributed by atoms with Crippen molar-refractivity contribution in [3.05, 3.63) is 0 Å². The third-order valence-electron chi connectivity index (χ3n) is 0.934. The molecule has 0 saturated heterocycles. The zero-order chi connectivity index (χ0) is 10.1. The quantitative estimate of drug-likeness (QED) is 0.359. The van der Waals surface area contributed by atoms with Crippen molar-refractivity contribution >= 4 is 11.6 Å². The fraction of sp³-hybridized carbons (Fsp3) is 0.429. The summed E-state index contributed by atoms with van der Waals surface area (Å²) in [5.41, 5.74) is -0.392. The number of rotatable bonds is 4. The monoisotopic (exact) mass is 180 g/mol. The summed E-state index contributed by atoms with van der Waals surface area (Å²) < 4.78 is 0. The van der Waals surface area contributed by atoms with Gasteiger partial charge in [0.2, 0.25) is 5.71 Å². The molecule has 0 unspecified atom stereocenters. The number of oxime groups is 1. The Labute approximate surface area is 75.4 Å².